The van der Waals surface area contributed by atoms with E-state index in [4.69, 9.17) is 0 Å². The lowest BCUT2D eigenvalue weighted by Crippen LogP contribution is -2.61. The highest BCUT2D eigenvalue weighted by atomic mass is 16.3. The molecule has 2 rings (SSSR count). The minimum atomic E-state index is -0.668. The van der Waals surface area contributed by atoms with Gasteiger partial charge in [-0.1, -0.05) is 24.3 Å². The van der Waals surface area contributed by atoms with Crippen LogP contribution in [-0.2, 0) is 11.2 Å². The molecule has 1 amide bonds. The molecule has 0 radical (unpaired) electrons. The van der Waals surface area contributed by atoms with Crippen LogP contribution in [0, 0.1) is 6.92 Å². The van der Waals surface area contributed by atoms with Crippen molar-refractivity contribution in [3.8, 4) is 0 Å². The van der Waals surface area contributed by atoms with Crippen molar-refractivity contribution in [1.29, 1.82) is 0 Å². The van der Waals surface area contributed by atoms with Crippen LogP contribution in [0.5, 0.6) is 0 Å². The lowest BCUT2D eigenvalue weighted by molar-refractivity contribution is -0.152. The van der Waals surface area contributed by atoms with E-state index in [1.807, 2.05) is 12.1 Å². The van der Waals surface area contributed by atoms with Gasteiger partial charge in [0.25, 0.3) is 0 Å². The maximum atomic E-state index is 11.8. The molecule has 1 N–H and O–H groups in total. The first-order chi connectivity index (χ1) is 7.98. The molecular weight excluding hydrogens is 214 g/mol. The first-order valence-electron chi connectivity index (χ1n) is 6.03. The number of aryl methyl sites for hydroxylation is 2. The van der Waals surface area contributed by atoms with Gasteiger partial charge in [0.05, 0.1) is 18.7 Å². The monoisotopic (exact) mass is 233 g/mol. The van der Waals surface area contributed by atoms with Crippen molar-refractivity contribution in [2.75, 3.05) is 13.1 Å². The molecule has 1 aliphatic heterocycles. The molecule has 0 aliphatic carbocycles. The smallest absolute Gasteiger partial charge is 0.223 e. The Bertz CT molecular complexity index is 418. The van der Waals surface area contributed by atoms with Gasteiger partial charge in [-0.2, -0.15) is 0 Å². The average Bonchev–Trinajstić information content (AvgIpc) is 2.24. The second-order valence-electron chi connectivity index (χ2n) is 5.17. The number of aliphatic hydroxyl groups is 1. The van der Waals surface area contributed by atoms with Crippen molar-refractivity contribution < 1.29 is 9.90 Å². The Morgan fingerprint density at radius 3 is 2.65 bits per heavy atom. The third-order valence-corrected chi connectivity index (χ3v) is 3.29. The number of rotatable bonds is 3. The summed E-state index contributed by atoms with van der Waals surface area (Å²) in [6.07, 6.45) is 1.31. The van der Waals surface area contributed by atoms with Crippen LogP contribution in [0.15, 0.2) is 24.3 Å². The maximum Gasteiger partial charge on any atom is 0.223 e. The minimum Gasteiger partial charge on any atom is -0.386 e. The van der Waals surface area contributed by atoms with Crippen molar-refractivity contribution in [2.24, 2.45) is 0 Å². The SMILES string of the molecule is Cc1ccccc1CCC(=O)N1CC(C)(O)C1. The van der Waals surface area contributed by atoms with E-state index in [-0.39, 0.29) is 5.91 Å². The lowest BCUT2D eigenvalue weighted by atomic mass is 9.95. The summed E-state index contributed by atoms with van der Waals surface area (Å²) in [6.45, 7) is 4.77. The molecule has 0 aromatic heterocycles. The first kappa shape index (κ1) is 12.1. The minimum absolute atomic E-state index is 0.139. The van der Waals surface area contributed by atoms with Crippen molar-refractivity contribution in [2.45, 2.75) is 32.3 Å². The molecule has 3 heteroatoms. The Balaban J connectivity index is 1.83. The van der Waals surface area contributed by atoms with E-state index in [2.05, 4.69) is 19.1 Å². The van der Waals surface area contributed by atoms with Crippen molar-refractivity contribution in [3.05, 3.63) is 35.4 Å². The van der Waals surface area contributed by atoms with Gasteiger partial charge in [0, 0.05) is 6.42 Å². The third-order valence-electron chi connectivity index (χ3n) is 3.29. The molecule has 1 fully saturated rings. The van der Waals surface area contributed by atoms with Gasteiger partial charge in [-0.15, -0.1) is 0 Å². The van der Waals surface area contributed by atoms with E-state index in [1.165, 1.54) is 11.1 Å². The molecule has 0 spiro atoms. The molecule has 3 nitrogen and oxygen atoms in total. The average molecular weight is 233 g/mol. The number of nitrogens with zero attached hydrogens (tertiary/aromatic N) is 1. The second kappa shape index (κ2) is 4.49. The van der Waals surface area contributed by atoms with Gasteiger partial charge in [0.15, 0.2) is 0 Å². The van der Waals surface area contributed by atoms with E-state index < -0.39 is 5.60 Å². The van der Waals surface area contributed by atoms with Crippen LogP contribution in [0.25, 0.3) is 0 Å². The van der Waals surface area contributed by atoms with E-state index in [0.717, 1.165) is 6.42 Å². The lowest BCUT2D eigenvalue weighted by Gasteiger charge is -2.44. The normalized spacial score (nSPS) is 17.7. The third kappa shape index (κ3) is 2.86. The van der Waals surface area contributed by atoms with Crippen LogP contribution in [0.4, 0.5) is 0 Å². The topological polar surface area (TPSA) is 40.5 Å². The number of carbonyl (C=O) groups is 1. The number of hydrogen-bond acceptors (Lipinski definition) is 2. The van der Waals surface area contributed by atoms with E-state index in [9.17, 15) is 9.90 Å². The molecule has 0 bridgehead atoms. The summed E-state index contributed by atoms with van der Waals surface area (Å²) < 4.78 is 0. The fourth-order valence-corrected chi connectivity index (χ4v) is 2.24. The van der Waals surface area contributed by atoms with E-state index in [0.29, 0.717) is 19.5 Å². The summed E-state index contributed by atoms with van der Waals surface area (Å²) in [4.78, 5) is 13.5. The Labute approximate surface area is 102 Å². The maximum absolute atomic E-state index is 11.8. The molecule has 0 unspecified atom stereocenters. The number of β-amino-alcohol motifs (C(OH)–C–C–N with tert-alkyl or cyclic N) is 1. The Morgan fingerprint density at radius 2 is 2.06 bits per heavy atom. The molecule has 0 saturated carbocycles. The molecule has 1 saturated heterocycles. The zero-order chi connectivity index (χ0) is 12.5. The molecule has 1 aromatic carbocycles. The quantitative estimate of drug-likeness (QED) is 0.860. The molecular formula is C14H19NO2. The van der Waals surface area contributed by atoms with Crippen LogP contribution in [0.2, 0.25) is 0 Å². The Morgan fingerprint density at radius 1 is 1.41 bits per heavy atom. The number of hydrogen-bond donors (Lipinski definition) is 1. The predicted octanol–water partition coefficient (Wildman–Crippen LogP) is 1.52. The highest BCUT2D eigenvalue weighted by Crippen LogP contribution is 2.21. The van der Waals surface area contributed by atoms with Gasteiger partial charge < -0.3 is 10.0 Å². The summed E-state index contributed by atoms with van der Waals surface area (Å²) in [5.74, 6) is 0.139. The fourth-order valence-electron chi connectivity index (χ4n) is 2.24. The fraction of sp³-hybridized carbons (Fsp3) is 0.500. The van der Waals surface area contributed by atoms with Crippen LogP contribution in [0.1, 0.15) is 24.5 Å². The molecule has 92 valence electrons. The summed E-state index contributed by atoms with van der Waals surface area (Å²) in [5, 5.41) is 9.57. The van der Waals surface area contributed by atoms with Gasteiger partial charge in [-0.05, 0) is 31.4 Å². The second-order valence-corrected chi connectivity index (χ2v) is 5.17. The van der Waals surface area contributed by atoms with Crippen LogP contribution >= 0.6 is 0 Å². The number of likely N-dealkylation sites (tertiary alicyclic amines) is 1. The zero-order valence-electron chi connectivity index (χ0n) is 10.4. The van der Waals surface area contributed by atoms with Crippen molar-refractivity contribution in [3.63, 3.8) is 0 Å². The standard InChI is InChI=1S/C14H19NO2/c1-11-5-3-4-6-12(11)7-8-13(16)15-9-14(2,17)10-15/h3-6,17H,7-10H2,1-2H3. The van der Waals surface area contributed by atoms with E-state index >= 15 is 0 Å². The van der Waals surface area contributed by atoms with Gasteiger partial charge in [0.2, 0.25) is 5.91 Å². The molecule has 17 heavy (non-hydrogen) atoms. The van der Waals surface area contributed by atoms with Gasteiger partial charge in [-0.25, -0.2) is 0 Å². The first-order valence-corrected chi connectivity index (χ1v) is 6.03. The van der Waals surface area contributed by atoms with Gasteiger partial charge in [-0.3, -0.25) is 4.79 Å². The molecule has 1 aliphatic rings. The summed E-state index contributed by atoms with van der Waals surface area (Å²) in [7, 11) is 0. The molecule has 1 heterocycles. The zero-order valence-corrected chi connectivity index (χ0v) is 10.4. The highest BCUT2D eigenvalue weighted by Gasteiger charge is 2.38. The number of carbonyl (C=O) groups excluding carboxylic acids is 1. The van der Waals surface area contributed by atoms with Crippen LogP contribution in [-0.4, -0.2) is 34.6 Å². The largest absolute Gasteiger partial charge is 0.386 e. The number of amides is 1. The molecule has 1 aromatic rings. The molecule has 0 atom stereocenters. The van der Waals surface area contributed by atoms with Crippen molar-refractivity contribution in [1.82, 2.24) is 4.90 Å². The predicted molar refractivity (Wildman–Crippen MR) is 66.7 cm³/mol. The van der Waals surface area contributed by atoms with Gasteiger partial charge in [0.1, 0.15) is 0 Å². The summed E-state index contributed by atoms with van der Waals surface area (Å²) in [5.41, 5.74) is 1.79. The van der Waals surface area contributed by atoms with Crippen LogP contribution in [0.3, 0.4) is 0 Å². The Kier molecular flexibility index (Phi) is 3.20. The van der Waals surface area contributed by atoms with Gasteiger partial charge >= 0.3 is 0 Å². The summed E-state index contributed by atoms with van der Waals surface area (Å²) in [6, 6.07) is 8.14. The summed E-state index contributed by atoms with van der Waals surface area (Å²) >= 11 is 0. The van der Waals surface area contributed by atoms with Crippen LogP contribution < -0.4 is 0 Å². The Hall–Kier alpha value is -1.35. The number of benzene rings is 1. The van der Waals surface area contributed by atoms with E-state index in [1.54, 1.807) is 11.8 Å². The van der Waals surface area contributed by atoms with Crippen molar-refractivity contribution >= 4 is 5.91 Å². The highest BCUT2D eigenvalue weighted by molar-refractivity contribution is 5.77.